The lowest BCUT2D eigenvalue weighted by Gasteiger charge is -2.16. The number of rotatable bonds is 5. The van der Waals surface area contributed by atoms with Gasteiger partial charge in [-0.1, -0.05) is 61.9 Å². The van der Waals surface area contributed by atoms with Gasteiger partial charge in [-0.25, -0.2) is 0 Å². The minimum absolute atomic E-state index is 0.207. The monoisotopic (exact) mass is 350 g/mol. The third-order valence-corrected chi connectivity index (χ3v) is 4.44. The molecule has 1 aromatic heterocycles. The lowest BCUT2D eigenvalue weighted by molar-refractivity contribution is -0.123. The normalized spacial score (nSPS) is 11.9. The summed E-state index contributed by atoms with van der Waals surface area (Å²) >= 11 is 0. The van der Waals surface area contributed by atoms with Crippen molar-refractivity contribution in [3.05, 3.63) is 71.5 Å². The maximum Gasteiger partial charge on any atom is 0.305 e. The molecule has 0 aliphatic carbocycles. The number of benzene rings is 2. The number of hydrogen-bond acceptors (Lipinski definition) is 3. The molecule has 2 amide bonds. The molecule has 1 atom stereocenters. The maximum absolute atomic E-state index is 12.6. The highest BCUT2D eigenvalue weighted by Crippen LogP contribution is 2.25. The predicted octanol–water partition coefficient (Wildman–Crippen LogP) is 4.09. The van der Waals surface area contributed by atoms with E-state index in [1.807, 2.05) is 68.4 Å². The van der Waals surface area contributed by atoms with Gasteiger partial charge in [-0.2, -0.15) is 0 Å². The highest BCUT2D eigenvalue weighted by atomic mass is 16.3. The van der Waals surface area contributed by atoms with Crippen molar-refractivity contribution in [3.63, 3.8) is 0 Å². The first-order valence-corrected chi connectivity index (χ1v) is 8.75. The number of aryl methyl sites for hydroxylation is 1. The molecule has 5 heteroatoms. The smallest absolute Gasteiger partial charge is 0.305 e. The van der Waals surface area contributed by atoms with Gasteiger partial charge in [-0.05, 0) is 25.0 Å². The van der Waals surface area contributed by atoms with Crippen molar-refractivity contribution in [3.8, 4) is 0 Å². The molecule has 0 spiro atoms. The van der Waals surface area contributed by atoms with E-state index >= 15 is 0 Å². The molecule has 0 fully saturated rings. The van der Waals surface area contributed by atoms with Crippen LogP contribution in [0.25, 0.3) is 11.0 Å². The Kier molecular flexibility index (Phi) is 5.37. The van der Waals surface area contributed by atoms with Crippen molar-refractivity contribution >= 4 is 22.8 Å². The van der Waals surface area contributed by atoms with Crippen molar-refractivity contribution in [2.45, 2.75) is 32.6 Å². The van der Waals surface area contributed by atoms with Crippen LogP contribution in [0.1, 0.15) is 47.4 Å². The van der Waals surface area contributed by atoms with Crippen LogP contribution in [0.4, 0.5) is 0 Å². The Bertz CT molecular complexity index is 915. The first-order chi connectivity index (χ1) is 12.6. The van der Waals surface area contributed by atoms with Gasteiger partial charge in [0.2, 0.25) is 5.91 Å². The zero-order valence-electron chi connectivity index (χ0n) is 14.9. The van der Waals surface area contributed by atoms with Crippen molar-refractivity contribution in [1.82, 2.24) is 10.9 Å². The molecule has 1 heterocycles. The van der Waals surface area contributed by atoms with E-state index in [4.69, 9.17) is 4.42 Å². The summed E-state index contributed by atoms with van der Waals surface area (Å²) in [4.78, 5) is 25.0. The van der Waals surface area contributed by atoms with Crippen LogP contribution in [0.2, 0.25) is 0 Å². The van der Waals surface area contributed by atoms with Gasteiger partial charge in [0.05, 0.1) is 5.92 Å². The fraction of sp³-hybridized carbons (Fsp3) is 0.238. The maximum atomic E-state index is 12.6. The summed E-state index contributed by atoms with van der Waals surface area (Å²) in [6.45, 7) is 3.85. The van der Waals surface area contributed by atoms with Crippen LogP contribution in [0.3, 0.4) is 0 Å². The number of carbonyl (C=O) groups excluding carboxylic acids is 2. The zero-order valence-corrected chi connectivity index (χ0v) is 14.9. The van der Waals surface area contributed by atoms with E-state index in [-0.39, 0.29) is 17.6 Å². The number of carbonyl (C=O) groups is 2. The summed E-state index contributed by atoms with van der Waals surface area (Å²) in [6, 6.07) is 17.0. The molecule has 134 valence electrons. The summed E-state index contributed by atoms with van der Waals surface area (Å²) < 4.78 is 5.62. The second-order valence-corrected chi connectivity index (χ2v) is 6.25. The predicted molar refractivity (Wildman–Crippen MR) is 101 cm³/mol. The Balaban J connectivity index is 1.71. The topological polar surface area (TPSA) is 71.3 Å². The lowest BCUT2D eigenvalue weighted by atomic mass is 9.94. The van der Waals surface area contributed by atoms with Crippen LogP contribution >= 0.6 is 0 Å². The Hall–Kier alpha value is -3.08. The Morgan fingerprint density at radius 2 is 1.69 bits per heavy atom. The third kappa shape index (κ3) is 3.61. The van der Waals surface area contributed by atoms with Crippen molar-refractivity contribution in [2.24, 2.45) is 0 Å². The number of furan rings is 1. The number of hydrazine groups is 1. The SMILES string of the molecule is CCC[C@@H](C(=O)NNC(=O)c1oc2ccccc2c1C)c1ccccc1. The van der Waals surface area contributed by atoms with Gasteiger partial charge in [-0.15, -0.1) is 0 Å². The van der Waals surface area contributed by atoms with Crippen LogP contribution in [0, 0.1) is 6.92 Å². The molecule has 0 bridgehead atoms. The van der Waals surface area contributed by atoms with Gasteiger partial charge in [0.15, 0.2) is 5.76 Å². The number of amides is 2. The van der Waals surface area contributed by atoms with Crippen LogP contribution in [-0.4, -0.2) is 11.8 Å². The number of fused-ring (bicyclic) bond motifs is 1. The van der Waals surface area contributed by atoms with Gasteiger partial charge in [0.1, 0.15) is 5.58 Å². The van der Waals surface area contributed by atoms with Gasteiger partial charge in [-0.3, -0.25) is 20.4 Å². The molecule has 3 aromatic rings. The average Bonchev–Trinajstić information content (AvgIpc) is 3.02. The van der Waals surface area contributed by atoms with Gasteiger partial charge < -0.3 is 4.42 Å². The Labute approximate surface area is 152 Å². The first-order valence-electron chi connectivity index (χ1n) is 8.75. The fourth-order valence-corrected chi connectivity index (χ4v) is 3.08. The quantitative estimate of drug-likeness (QED) is 0.681. The minimum Gasteiger partial charge on any atom is -0.451 e. The van der Waals surface area contributed by atoms with Gasteiger partial charge in [0.25, 0.3) is 0 Å². The minimum atomic E-state index is -0.463. The van der Waals surface area contributed by atoms with Crippen LogP contribution in [0.15, 0.2) is 59.0 Å². The highest BCUT2D eigenvalue weighted by Gasteiger charge is 2.22. The summed E-state index contributed by atoms with van der Waals surface area (Å²) in [5.74, 6) is -0.799. The average molecular weight is 350 g/mol. The van der Waals surface area contributed by atoms with E-state index in [0.717, 1.165) is 22.9 Å². The van der Waals surface area contributed by atoms with E-state index < -0.39 is 5.91 Å². The molecule has 0 aliphatic rings. The second-order valence-electron chi connectivity index (χ2n) is 6.25. The summed E-state index contributed by atoms with van der Waals surface area (Å²) in [6.07, 6.45) is 1.57. The zero-order chi connectivity index (χ0) is 18.5. The first kappa shape index (κ1) is 17.7. The molecule has 3 rings (SSSR count). The van der Waals surface area contributed by atoms with Crippen molar-refractivity contribution in [2.75, 3.05) is 0 Å². The molecule has 5 nitrogen and oxygen atoms in total. The fourth-order valence-electron chi connectivity index (χ4n) is 3.08. The largest absolute Gasteiger partial charge is 0.451 e. The number of para-hydroxylation sites is 1. The summed E-state index contributed by atoms with van der Waals surface area (Å²) in [5, 5.41) is 0.886. The van der Waals surface area contributed by atoms with E-state index in [0.29, 0.717) is 12.0 Å². The molecule has 0 unspecified atom stereocenters. The summed E-state index contributed by atoms with van der Waals surface area (Å²) in [5.41, 5.74) is 7.34. The van der Waals surface area contributed by atoms with Crippen molar-refractivity contribution < 1.29 is 14.0 Å². The molecular weight excluding hydrogens is 328 g/mol. The van der Waals surface area contributed by atoms with E-state index in [1.165, 1.54) is 0 Å². The van der Waals surface area contributed by atoms with Crippen LogP contribution in [-0.2, 0) is 4.79 Å². The molecule has 0 aliphatic heterocycles. The van der Waals surface area contributed by atoms with E-state index in [1.54, 1.807) is 0 Å². The van der Waals surface area contributed by atoms with Gasteiger partial charge >= 0.3 is 5.91 Å². The molecular formula is C21H22N2O3. The molecule has 26 heavy (non-hydrogen) atoms. The summed E-state index contributed by atoms with van der Waals surface area (Å²) in [7, 11) is 0. The Morgan fingerprint density at radius 1 is 1.00 bits per heavy atom. The lowest BCUT2D eigenvalue weighted by Crippen LogP contribution is -2.44. The standard InChI is InChI=1S/C21H22N2O3/c1-3-9-17(15-10-5-4-6-11-15)20(24)22-23-21(25)19-14(2)16-12-7-8-13-18(16)26-19/h4-8,10-13,17H,3,9H2,1-2H3,(H,22,24)(H,23,25)/t17-/m1/s1. The molecule has 0 saturated carbocycles. The van der Waals surface area contributed by atoms with Crippen LogP contribution in [0.5, 0.6) is 0 Å². The van der Waals surface area contributed by atoms with Gasteiger partial charge in [0, 0.05) is 10.9 Å². The number of hydrogen-bond donors (Lipinski definition) is 2. The molecule has 0 radical (unpaired) electrons. The molecule has 2 aromatic carbocycles. The third-order valence-electron chi connectivity index (χ3n) is 4.44. The highest BCUT2D eigenvalue weighted by molar-refractivity contribution is 5.99. The van der Waals surface area contributed by atoms with E-state index in [9.17, 15) is 9.59 Å². The molecule has 2 N–H and O–H groups in total. The van der Waals surface area contributed by atoms with E-state index in [2.05, 4.69) is 10.9 Å². The number of nitrogens with one attached hydrogen (secondary N) is 2. The van der Waals surface area contributed by atoms with Crippen molar-refractivity contribution in [1.29, 1.82) is 0 Å². The molecule has 0 saturated heterocycles. The Morgan fingerprint density at radius 3 is 2.38 bits per heavy atom. The van der Waals surface area contributed by atoms with Crippen LogP contribution < -0.4 is 10.9 Å². The second kappa shape index (κ2) is 7.87.